The van der Waals surface area contributed by atoms with Gasteiger partial charge in [0.1, 0.15) is 12.7 Å². The Labute approximate surface area is 82.7 Å². The van der Waals surface area contributed by atoms with Crippen LogP contribution in [0.1, 0.15) is 18.1 Å². The van der Waals surface area contributed by atoms with E-state index in [1.165, 1.54) is 0 Å². The van der Waals surface area contributed by atoms with Crippen LogP contribution in [0.25, 0.3) is 0 Å². The maximum atomic E-state index is 5.50. The summed E-state index contributed by atoms with van der Waals surface area (Å²) in [4.78, 5) is 3.95. The predicted octanol–water partition coefficient (Wildman–Crippen LogP) is 2.33. The van der Waals surface area contributed by atoms with Crippen LogP contribution in [0.4, 0.5) is 0 Å². The standard InChI is InChI=1S/C8H9NO2PS/c13-12-10-6-3-8(11-12)7-1-4-9-5-2-7/h1-2,4-5,8H,3,6H2/q+1/t8-/m0/s1. The number of hydrogen-bond donors (Lipinski definition) is 0. The van der Waals surface area contributed by atoms with Crippen LogP contribution in [-0.2, 0) is 20.9 Å². The molecule has 1 aromatic heterocycles. The molecule has 3 nitrogen and oxygen atoms in total. The highest BCUT2D eigenvalue weighted by atomic mass is 32.4. The molecule has 2 heterocycles. The Morgan fingerprint density at radius 2 is 2.23 bits per heavy atom. The molecule has 5 heteroatoms. The predicted molar refractivity (Wildman–Crippen MR) is 52.9 cm³/mol. The van der Waals surface area contributed by atoms with Gasteiger partial charge in [-0.1, -0.05) is 0 Å². The van der Waals surface area contributed by atoms with Crippen molar-refractivity contribution >= 4 is 19.0 Å². The van der Waals surface area contributed by atoms with E-state index in [0.717, 1.165) is 12.0 Å². The lowest BCUT2D eigenvalue weighted by atomic mass is 10.1. The minimum Gasteiger partial charge on any atom is -0.265 e. The molecule has 0 spiro atoms. The molecule has 0 bridgehead atoms. The summed E-state index contributed by atoms with van der Waals surface area (Å²) in [7, 11) is -1.09. The average molecular weight is 214 g/mol. The van der Waals surface area contributed by atoms with Gasteiger partial charge in [-0.25, -0.2) is 0 Å². The van der Waals surface area contributed by atoms with E-state index in [9.17, 15) is 0 Å². The van der Waals surface area contributed by atoms with Gasteiger partial charge in [-0.15, -0.1) is 9.05 Å². The van der Waals surface area contributed by atoms with Crippen molar-refractivity contribution in [2.45, 2.75) is 12.5 Å². The third kappa shape index (κ3) is 2.29. The van der Waals surface area contributed by atoms with Gasteiger partial charge in [0, 0.05) is 18.8 Å². The maximum Gasteiger partial charge on any atom is 0.522 e. The summed E-state index contributed by atoms with van der Waals surface area (Å²) in [6, 6.07) is 3.91. The van der Waals surface area contributed by atoms with Crippen LogP contribution >= 0.6 is 7.15 Å². The molecular formula is C8H9NO2PS+. The van der Waals surface area contributed by atoms with Crippen molar-refractivity contribution in [2.24, 2.45) is 0 Å². The van der Waals surface area contributed by atoms with Crippen LogP contribution in [-0.4, -0.2) is 11.6 Å². The van der Waals surface area contributed by atoms with Crippen LogP contribution in [0, 0.1) is 0 Å². The average Bonchev–Trinajstić information content (AvgIpc) is 2.19. The lowest BCUT2D eigenvalue weighted by Crippen LogP contribution is -2.08. The van der Waals surface area contributed by atoms with E-state index in [-0.39, 0.29) is 6.10 Å². The molecule has 1 fully saturated rings. The fourth-order valence-corrected chi connectivity index (χ4v) is 2.51. The molecule has 1 unspecified atom stereocenters. The molecule has 2 atom stereocenters. The lowest BCUT2D eigenvalue weighted by Gasteiger charge is -2.13. The number of rotatable bonds is 1. The summed E-state index contributed by atoms with van der Waals surface area (Å²) in [5, 5.41) is 0. The smallest absolute Gasteiger partial charge is 0.265 e. The molecule has 0 aromatic carbocycles. The monoisotopic (exact) mass is 214 g/mol. The maximum absolute atomic E-state index is 5.50. The second-order valence-electron chi connectivity index (χ2n) is 2.72. The summed E-state index contributed by atoms with van der Waals surface area (Å²) in [5.74, 6) is 0. The Balaban J connectivity index is 2.13. The SMILES string of the molecule is S=[P+]1OCC[C@@H](c2ccncc2)O1. The molecule has 1 aliphatic heterocycles. The summed E-state index contributed by atoms with van der Waals surface area (Å²) in [6.07, 6.45) is 4.50. The van der Waals surface area contributed by atoms with Crippen molar-refractivity contribution in [3.05, 3.63) is 30.1 Å². The van der Waals surface area contributed by atoms with E-state index in [0.29, 0.717) is 6.61 Å². The van der Waals surface area contributed by atoms with Crippen molar-refractivity contribution in [3.8, 4) is 0 Å². The number of aromatic nitrogens is 1. The normalized spacial score (nSPS) is 25.8. The first-order valence-corrected chi connectivity index (χ1v) is 6.22. The molecule has 0 radical (unpaired) electrons. The minimum atomic E-state index is -1.09. The van der Waals surface area contributed by atoms with Gasteiger partial charge in [-0.2, -0.15) is 0 Å². The first kappa shape index (κ1) is 9.16. The van der Waals surface area contributed by atoms with Crippen molar-refractivity contribution < 1.29 is 9.05 Å². The zero-order valence-corrected chi connectivity index (χ0v) is 8.63. The Kier molecular flexibility index (Phi) is 2.96. The largest absolute Gasteiger partial charge is 0.522 e. The molecule has 68 valence electrons. The van der Waals surface area contributed by atoms with Gasteiger partial charge in [-0.05, 0) is 17.7 Å². The molecule has 2 rings (SSSR count). The highest BCUT2D eigenvalue weighted by Gasteiger charge is 2.29. The van der Waals surface area contributed by atoms with E-state index in [1.54, 1.807) is 12.4 Å². The second-order valence-corrected chi connectivity index (χ2v) is 4.53. The zero-order chi connectivity index (χ0) is 9.10. The molecule has 1 saturated heterocycles. The molecule has 0 amide bonds. The summed E-state index contributed by atoms with van der Waals surface area (Å²) >= 11 is 4.97. The lowest BCUT2D eigenvalue weighted by molar-refractivity contribution is 0.119. The van der Waals surface area contributed by atoms with Crippen LogP contribution in [0.3, 0.4) is 0 Å². The van der Waals surface area contributed by atoms with E-state index in [4.69, 9.17) is 20.9 Å². The number of nitrogens with zero attached hydrogens (tertiary/aromatic N) is 1. The Bertz CT molecular complexity index is 306. The number of hydrogen-bond acceptors (Lipinski definition) is 4. The van der Waals surface area contributed by atoms with Crippen molar-refractivity contribution in [1.82, 2.24) is 4.98 Å². The second kappa shape index (κ2) is 4.20. The minimum absolute atomic E-state index is 0.0976. The van der Waals surface area contributed by atoms with Crippen molar-refractivity contribution in [2.75, 3.05) is 6.61 Å². The van der Waals surface area contributed by atoms with E-state index in [2.05, 4.69) is 4.98 Å². The number of pyridine rings is 1. The fraction of sp³-hybridized carbons (Fsp3) is 0.375. The van der Waals surface area contributed by atoms with Crippen LogP contribution in [0.15, 0.2) is 24.5 Å². The molecule has 1 aliphatic rings. The quantitative estimate of drug-likeness (QED) is 0.671. The van der Waals surface area contributed by atoms with Crippen LogP contribution < -0.4 is 0 Å². The highest BCUT2D eigenvalue weighted by molar-refractivity contribution is 8.00. The molecule has 1 aromatic rings. The van der Waals surface area contributed by atoms with Crippen LogP contribution in [0.2, 0.25) is 0 Å². The summed E-state index contributed by atoms with van der Waals surface area (Å²) in [5.41, 5.74) is 1.13. The molecule has 13 heavy (non-hydrogen) atoms. The van der Waals surface area contributed by atoms with Crippen molar-refractivity contribution in [1.29, 1.82) is 0 Å². The van der Waals surface area contributed by atoms with E-state index in [1.807, 2.05) is 12.1 Å². The molecule has 0 aliphatic carbocycles. The van der Waals surface area contributed by atoms with Gasteiger partial charge in [0.2, 0.25) is 11.8 Å². The fourth-order valence-electron chi connectivity index (χ4n) is 1.23. The topological polar surface area (TPSA) is 31.4 Å². The Hall–Kier alpha value is -0.410. The Morgan fingerprint density at radius 3 is 2.92 bits per heavy atom. The molecular weight excluding hydrogens is 205 g/mol. The van der Waals surface area contributed by atoms with Gasteiger partial charge >= 0.3 is 7.15 Å². The zero-order valence-electron chi connectivity index (χ0n) is 6.92. The van der Waals surface area contributed by atoms with E-state index >= 15 is 0 Å². The van der Waals surface area contributed by atoms with Gasteiger partial charge in [-0.3, -0.25) is 4.98 Å². The third-order valence-electron chi connectivity index (χ3n) is 1.87. The third-order valence-corrected chi connectivity index (χ3v) is 3.26. The highest BCUT2D eigenvalue weighted by Crippen LogP contribution is 2.39. The first-order chi connectivity index (χ1) is 6.36. The molecule has 0 saturated carbocycles. The summed E-state index contributed by atoms with van der Waals surface area (Å²) in [6.45, 7) is 0.697. The first-order valence-electron chi connectivity index (χ1n) is 4.03. The van der Waals surface area contributed by atoms with Crippen LogP contribution in [0.5, 0.6) is 0 Å². The van der Waals surface area contributed by atoms with Crippen molar-refractivity contribution in [3.63, 3.8) is 0 Å². The van der Waals surface area contributed by atoms with Gasteiger partial charge in [0.15, 0.2) is 0 Å². The van der Waals surface area contributed by atoms with Gasteiger partial charge < -0.3 is 0 Å². The van der Waals surface area contributed by atoms with Gasteiger partial charge in [0.25, 0.3) is 0 Å². The van der Waals surface area contributed by atoms with Gasteiger partial charge in [0.05, 0.1) is 0 Å². The Morgan fingerprint density at radius 1 is 1.46 bits per heavy atom. The van der Waals surface area contributed by atoms with E-state index < -0.39 is 7.15 Å². The summed E-state index contributed by atoms with van der Waals surface area (Å²) < 4.78 is 10.7. The molecule has 0 N–H and O–H groups in total.